The molecule has 4 N–H and O–H groups in total. The number of carboxylic acid groups (broad SMARTS) is 1. The van der Waals surface area contributed by atoms with Crippen LogP contribution in [0.1, 0.15) is 107 Å². The summed E-state index contributed by atoms with van der Waals surface area (Å²) in [5.74, 6) is -1.15. The summed E-state index contributed by atoms with van der Waals surface area (Å²) in [6, 6.07) is 19.8. The third kappa shape index (κ3) is 9.02. The monoisotopic (exact) mass is 912 g/mol. The van der Waals surface area contributed by atoms with E-state index in [9.17, 15) is 29.4 Å². The number of nitrogens with one attached hydrogen (secondary N) is 2. The highest BCUT2D eigenvalue weighted by Crippen LogP contribution is 2.40. The number of thiophene rings is 1. The minimum absolute atomic E-state index is 0.0391. The lowest BCUT2D eigenvalue weighted by molar-refractivity contribution is -0.142. The van der Waals surface area contributed by atoms with Gasteiger partial charge in [-0.05, 0) is 80.0 Å². The van der Waals surface area contributed by atoms with Gasteiger partial charge < -0.3 is 25.7 Å². The summed E-state index contributed by atoms with van der Waals surface area (Å²) >= 11 is 3.17. The van der Waals surface area contributed by atoms with E-state index in [0.717, 1.165) is 59.4 Å². The third-order valence-corrected chi connectivity index (χ3v) is 14.4. The number of amides is 3. The molecule has 5 atom stereocenters. The van der Waals surface area contributed by atoms with Gasteiger partial charge in [-0.1, -0.05) is 81.4 Å². The Balaban J connectivity index is 0.991. The molecule has 2 aliphatic rings. The number of thiazole rings is 1. The van der Waals surface area contributed by atoms with Gasteiger partial charge in [-0.3, -0.25) is 28.7 Å². The minimum Gasteiger partial charge on any atom is -0.481 e. The van der Waals surface area contributed by atoms with Crippen molar-refractivity contribution in [1.82, 2.24) is 35.3 Å². The first-order valence-electron chi connectivity index (χ1n) is 21.5. The number of β-amino-alcohol motifs (C(OH)–C–C–N with tert-alkyl or cyclic N) is 1. The Morgan fingerprint density at radius 2 is 1.58 bits per heavy atom. The van der Waals surface area contributed by atoms with E-state index in [2.05, 4.69) is 25.8 Å². The third-order valence-electron chi connectivity index (χ3n) is 12.3. The first-order valence-corrected chi connectivity index (χ1v) is 23.2. The van der Waals surface area contributed by atoms with Gasteiger partial charge in [0.05, 0.1) is 40.4 Å². The topological polar surface area (TPSA) is 192 Å². The molecule has 3 amide bonds. The van der Waals surface area contributed by atoms with E-state index in [1.807, 2.05) is 120 Å². The average molecular weight is 913 g/mol. The molecular weight excluding hydrogens is 861 g/mol. The maximum atomic E-state index is 14.4. The lowest BCUT2D eigenvalue weighted by Gasteiger charge is -2.35. The highest BCUT2D eigenvalue weighted by molar-refractivity contribution is 7.15. The van der Waals surface area contributed by atoms with Crippen LogP contribution in [-0.2, 0) is 14.4 Å². The number of fused-ring (bicyclic) bond motifs is 3. The second-order valence-corrected chi connectivity index (χ2v) is 20.0. The number of aliphatic hydroxyl groups excluding tert-OH is 1. The summed E-state index contributed by atoms with van der Waals surface area (Å²) in [5, 5.41) is 36.2. The Labute approximate surface area is 385 Å². The van der Waals surface area contributed by atoms with Crippen molar-refractivity contribution in [2.75, 3.05) is 6.54 Å². The first kappa shape index (κ1) is 45.2. The van der Waals surface area contributed by atoms with Gasteiger partial charge in [0.2, 0.25) is 11.8 Å². The largest absolute Gasteiger partial charge is 0.481 e. The number of aryl methyl sites for hydroxylation is 3. The number of hydrogen-bond acceptors (Lipinski definition) is 11. The Hall–Kier alpha value is -6.36. The fourth-order valence-corrected chi connectivity index (χ4v) is 10.6. The molecule has 1 fully saturated rings. The van der Waals surface area contributed by atoms with Crippen molar-refractivity contribution in [1.29, 1.82) is 0 Å². The zero-order chi connectivity index (χ0) is 46.5. The highest BCUT2D eigenvalue weighted by Gasteiger charge is 2.45. The van der Waals surface area contributed by atoms with Gasteiger partial charge in [0.25, 0.3) is 5.91 Å². The van der Waals surface area contributed by atoms with E-state index in [-0.39, 0.29) is 31.3 Å². The average Bonchev–Trinajstić information content (AvgIpc) is 4.04. The van der Waals surface area contributed by atoms with Gasteiger partial charge >= 0.3 is 5.97 Å². The van der Waals surface area contributed by atoms with Crippen molar-refractivity contribution < 1.29 is 29.4 Å². The summed E-state index contributed by atoms with van der Waals surface area (Å²) in [6.07, 6.45) is -1.08. The molecule has 0 unspecified atom stereocenters. The fourth-order valence-electron chi connectivity index (χ4n) is 8.58. The number of carbonyl (C=O) groups is 4. The molecule has 5 heterocycles. The molecule has 14 nitrogen and oxygen atoms in total. The molecule has 65 heavy (non-hydrogen) atoms. The van der Waals surface area contributed by atoms with E-state index < -0.39 is 47.4 Å². The van der Waals surface area contributed by atoms with Crippen LogP contribution in [0.5, 0.6) is 0 Å². The van der Waals surface area contributed by atoms with Gasteiger partial charge in [-0.25, -0.2) is 4.98 Å². The van der Waals surface area contributed by atoms with Gasteiger partial charge in [0, 0.05) is 34.5 Å². The molecule has 0 saturated carbocycles. The van der Waals surface area contributed by atoms with Gasteiger partial charge in [0.1, 0.15) is 29.0 Å². The van der Waals surface area contributed by atoms with Crippen LogP contribution in [0.15, 0.2) is 83.3 Å². The Bertz CT molecular complexity index is 2840. The van der Waals surface area contributed by atoms with Gasteiger partial charge in [0.15, 0.2) is 5.82 Å². The number of aliphatic imine (C=N–C) groups is 1. The van der Waals surface area contributed by atoms with Gasteiger partial charge in [-0.15, -0.1) is 32.9 Å². The van der Waals surface area contributed by atoms with Crippen LogP contribution in [0, 0.1) is 33.1 Å². The fraction of sp³-hybridized carbons (Fsp3) is 0.347. The lowest BCUT2D eigenvalue weighted by Crippen LogP contribution is -2.57. The molecule has 6 aromatic rings. The van der Waals surface area contributed by atoms with E-state index in [1.165, 1.54) is 4.90 Å². The smallest absolute Gasteiger partial charge is 0.306 e. The van der Waals surface area contributed by atoms with Gasteiger partial charge in [-0.2, -0.15) is 0 Å². The second-order valence-electron chi connectivity index (χ2n) is 17.9. The molecule has 3 aromatic carbocycles. The number of hydrogen-bond donors (Lipinski definition) is 4. The Morgan fingerprint density at radius 1 is 0.892 bits per heavy atom. The van der Waals surface area contributed by atoms with E-state index in [4.69, 9.17) is 4.99 Å². The Kier molecular flexibility index (Phi) is 12.5. The number of rotatable bonds is 11. The maximum absolute atomic E-state index is 14.4. The molecule has 3 aromatic heterocycles. The molecule has 0 spiro atoms. The predicted octanol–water partition coefficient (Wildman–Crippen LogP) is 7.70. The molecule has 0 radical (unpaired) electrons. The normalized spacial score (nSPS) is 18.0. The minimum atomic E-state index is -1.02. The number of likely N-dealkylation sites (tertiary alicyclic amines) is 1. The first-order chi connectivity index (χ1) is 30.9. The van der Waals surface area contributed by atoms with E-state index >= 15 is 0 Å². The van der Waals surface area contributed by atoms with Crippen molar-refractivity contribution in [2.45, 2.75) is 98.5 Å². The lowest BCUT2D eigenvalue weighted by atomic mass is 9.85. The summed E-state index contributed by atoms with van der Waals surface area (Å²) in [6.45, 7) is 15.3. The van der Waals surface area contributed by atoms with Crippen molar-refractivity contribution in [3.05, 3.63) is 128 Å². The van der Waals surface area contributed by atoms with Crippen LogP contribution in [0.4, 0.5) is 0 Å². The molecule has 0 bridgehead atoms. The molecule has 0 aliphatic carbocycles. The van der Waals surface area contributed by atoms with Crippen molar-refractivity contribution in [2.24, 2.45) is 10.4 Å². The number of carbonyl (C=O) groups excluding carboxylic acids is 3. The number of benzene rings is 3. The molecule has 336 valence electrons. The SMILES string of the molecule is Cc1ncsc1-c1ccc([C@H](C)NC(=O)[C@@H]2C[C@@H](O)CN2C(=O)[C@@H](NC(=O)c2cccc(-c3ccc(C4=N[C@@H](CC(=O)O)c5nnc(C)n5-c5sc(C)c(C)c54)cc3)c2)C(C)(C)C)cc1. The van der Waals surface area contributed by atoms with E-state index in [0.29, 0.717) is 22.9 Å². The molecule has 16 heteroatoms. The number of carboxylic acids is 1. The summed E-state index contributed by atoms with van der Waals surface area (Å²) in [7, 11) is 0. The van der Waals surface area contributed by atoms with Crippen molar-refractivity contribution >= 4 is 52.1 Å². The Morgan fingerprint density at radius 3 is 2.25 bits per heavy atom. The van der Waals surface area contributed by atoms with Crippen molar-refractivity contribution in [3.8, 4) is 26.6 Å². The summed E-state index contributed by atoms with van der Waals surface area (Å²) in [5.41, 5.74) is 9.31. The zero-order valence-electron chi connectivity index (χ0n) is 37.5. The van der Waals surface area contributed by atoms with Crippen LogP contribution < -0.4 is 10.6 Å². The molecule has 8 rings (SSSR count). The quantitative estimate of drug-likeness (QED) is 0.101. The molecular formula is C49H52N8O6S2. The van der Waals surface area contributed by atoms with Crippen molar-refractivity contribution in [3.63, 3.8) is 0 Å². The van der Waals surface area contributed by atoms with Crippen LogP contribution in [0.2, 0.25) is 0 Å². The number of aliphatic hydroxyl groups is 1. The van der Waals surface area contributed by atoms with Crippen LogP contribution >= 0.6 is 22.7 Å². The predicted molar refractivity (Wildman–Crippen MR) is 252 cm³/mol. The number of nitrogens with zero attached hydrogens (tertiary/aromatic N) is 6. The van der Waals surface area contributed by atoms with Crippen LogP contribution in [0.25, 0.3) is 26.6 Å². The van der Waals surface area contributed by atoms with Crippen LogP contribution in [-0.4, -0.2) is 89.0 Å². The van der Waals surface area contributed by atoms with Crippen LogP contribution in [0.3, 0.4) is 0 Å². The standard InChI is InChI=1S/C49H52N8O6S2/c1-25-28(4)65-48-40(25)41(52-37(22-39(59)60)44-55-54-29(5)57(44)48)32-16-14-31(15-17-32)34-10-9-11-35(20-34)45(61)53-43(49(6,7)8)47(63)56-23-36(58)21-38(56)46(62)51-26(2)30-12-18-33(19-13-30)42-27(3)50-24-64-42/h9-20,24,26,36-38,43,58H,21-23H2,1-8H3,(H,51,62)(H,53,61)(H,59,60)/t26-,36+,37-,38-,43+/m0/s1. The molecule has 2 aliphatic heterocycles. The highest BCUT2D eigenvalue weighted by atomic mass is 32.1. The number of aliphatic carboxylic acids is 1. The zero-order valence-corrected chi connectivity index (χ0v) is 39.2. The second kappa shape index (κ2) is 17.9. The number of aromatic nitrogens is 4. The summed E-state index contributed by atoms with van der Waals surface area (Å²) in [4.78, 5) is 67.3. The van der Waals surface area contributed by atoms with E-state index in [1.54, 1.807) is 40.9 Å². The maximum Gasteiger partial charge on any atom is 0.306 e. The molecule has 1 saturated heterocycles. The summed E-state index contributed by atoms with van der Waals surface area (Å²) < 4.78 is 1.92.